The van der Waals surface area contributed by atoms with Crippen LogP contribution in [0.4, 0.5) is 5.82 Å². The predicted molar refractivity (Wildman–Crippen MR) is 79.8 cm³/mol. The van der Waals surface area contributed by atoms with Crippen molar-refractivity contribution in [2.75, 3.05) is 18.4 Å². The fourth-order valence-corrected chi connectivity index (χ4v) is 3.63. The maximum atomic E-state index is 12.6. The van der Waals surface area contributed by atoms with Gasteiger partial charge in [0.25, 0.3) is 5.91 Å². The van der Waals surface area contributed by atoms with Crippen molar-refractivity contribution < 1.29 is 4.79 Å². The maximum Gasteiger partial charge on any atom is 0.255 e. The highest BCUT2D eigenvalue weighted by atomic mass is 16.2. The van der Waals surface area contributed by atoms with Crippen molar-refractivity contribution in [1.82, 2.24) is 9.88 Å². The number of hydrogen-bond donors (Lipinski definition) is 1. The standard InChI is InChI=1S/C16H23N3O/c1-2-17-15-8-7-13(11-18-15)16(20)19-10-9-12-5-3-4-6-14(12)19/h7-8,11-12,14H,2-6,9-10H2,1H3,(H,17,18). The topological polar surface area (TPSA) is 45.2 Å². The predicted octanol–water partition coefficient (Wildman–Crippen LogP) is 2.92. The molecule has 2 unspecified atom stereocenters. The van der Waals surface area contributed by atoms with Crippen LogP contribution in [0.5, 0.6) is 0 Å². The van der Waals surface area contributed by atoms with Crippen LogP contribution in [0.2, 0.25) is 0 Å². The number of fused-ring (bicyclic) bond motifs is 1. The zero-order valence-corrected chi connectivity index (χ0v) is 12.1. The summed E-state index contributed by atoms with van der Waals surface area (Å²) in [6.45, 7) is 3.80. The van der Waals surface area contributed by atoms with E-state index in [1.54, 1.807) is 6.20 Å². The molecule has 2 fully saturated rings. The quantitative estimate of drug-likeness (QED) is 0.921. The lowest BCUT2D eigenvalue weighted by molar-refractivity contribution is 0.0690. The van der Waals surface area contributed by atoms with Gasteiger partial charge in [0.05, 0.1) is 5.56 Å². The number of anilines is 1. The highest BCUT2D eigenvalue weighted by molar-refractivity contribution is 5.94. The molecule has 2 heterocycles. The van der Waals surface area contributed by atoms with Crippen molar-refractivity contribution in [1.29, 1.82) is 0 Å². The molecule has 1 aliphatic carbocycles. The molecule has 20 heavy (non-hydrogen) atoms. The number of aromatic nitrogens is 1. The first-order chi connectivity index (χ1) is 9.79. The normalized spacial score (nSPS) is 25.4. The number of carbonyl (C=O) groups excluding carboxylic acids is 1. The zero-order valence-electron chi connectivity index (χ0n) is 12.1. The Hall–Kier alpha value is -1.58. The number of amides is 1. The summed E-state index contributed by atoms with van der Waals surface area (Å²) in [5.74, 6) is 1.73. The maximum absolute atomic E-state index is 12.6. The third kappa shape index (κ3) is 2.51. The fourth-order valence-electron chi connectivity index (χ4n) is 3.63. The van der Waals surface area contributed by atoms with Gasteiger partial charge in [0.1, 0.15) is 5.82 Å². The third-order valence-electron chi connectivity index (χ3n) is 4.64. The minimum atomic E-state index is 0.162. The molecule has 1 saturated carbocycles. The molecule has 0 aromatic carbocycles. The molecule has 0 radical (unpaired) electrons. The minimum Gasteiger partial charge on any atom is -0.370 e. The molecule has 0 spiro atoms. The molecule has 1 aromatic heterocycles. The van der Waals surface area contributed by atoms with Gasteiger partial charge in [0, 0.05) is 25.3 Å². The summed E-state index contributed by atoms with van der Waals surface area (Å²) >= 11 is 0. The van der Waals surface area contributed by atoms with Crippen molar-refractivity contribution in [3.8, 4) is 0 Å². The molecule has 0 bridgehead atoms. The number of likely N-dealkylation sites (tertiary alicyclic amines) is 1. The molecule has 1 aromatic rings. The Labute approximate surface area is 120 Å². The lowest BCUT2D eigenvalue weighted by Gasteiger charge is -2.31. The second-order valence-electron chi connectivity index (χ2n) is 5.86. The van der Waals surface area contributed by atoms with Gasteiger partial charge in [-0.3, -0.25) is 4.79 Å². The van der Waals surface area contributed by atoms with Crippen LogP contribution in [0.15, 0.2) is 18.3 Å². The first kappa shape index (κ1) is 13.4. The zero-order chi connectivity index (χ0) is 13.9. The van der Waals surface area contributed by atoms with E-state index in [0.717, 1.165) is 30.4 Å². The van der Waals surface area contributed by atoms with Crippen LogP contribution < -0.4 is 5.32 Å². The van der Waals surface area contributed by atoms with Crippen molar-refractivity contribution in [2.24, 2.45) is 5.92 Å². The van der Waals surface area contributed by atoms with Gasteiger partial charge in [-0.15, -0.1) is 0 Å². The van der Waals surface area contributed by atoms with Crippen LogP contribution in [-0.2, 0) is 0 Å². The number of hydrogen-bond acceptors (Lipinski definition) is 3. The Morgan fingerprint density at radius 1 is 1.35 bits per heavy atom. The van der Waals surface area contributed by atoms with E-state index in [9.17, 15) is 4.79 Å². The van der Waals surface area contributed by atoms with Crippen molar-refractivity contribution in [3.05, 3.63) is 23.9 Å². The van der Waals surface area contributed by atoms with Gasteiger partial charge in [0.15, 0.2) is 0 Å². The van der Waals surface area contributed by atoms with Gasteiger partial charge >= 0.3 is 0 Å². The van der Waals surface area contributed by atoms with E-state index in [4.69, 9.17) is 0 Å². The highest BCUT2D eigenvalue weighted by Gasteiger charge is 2.38. The van der Waals surface area contributed by atoms with Gasteiger partial charge in [0.2, 0.25) is 0 Å². The Kier molecular flexibility index (Phi) is 3.90. The number of pyridine rings is 1. The molecule has 3 rings (SSSR count). The van der Waals surface area contributed by atoms with Crippen LogP contribution in [0.25, 0.3) is 0 Å². The fraction of sp³-hybridized carbons (Fsp3) is 0.625. The Morgan fingerprint density at radius 2 is 2.20 bits per heavy atom. The van der Waals surface area contributed by atoms with E-state index < -0.39 is 0 Å². The van der Waals surface area contributed by atoms with Gasteiger partial charge in [-0.25, -0.2) is 4.98 Å². The largest absolute Gasteiger partial charge is 0.370 e. The van der Waals surface area contributed by atoms with Crippen molar-refractivity contribution >= 4 is 11.7 Å². The van der Waals surface area contributed by atoms with Gasteiger partial charge < -0.3 is 10.2 Å². The average molecular weight is 273 g/mol. The van der Waals surface area contributed by atoms with Crippen LogP contribution in [0, 0.1) is 5.92 Å². The molecule has 2 aliphatic rings. The van der Waals surface area contributed by atoms with E-state index in [1.807, 2.05) is 19.1 Å². The molecule has 4 heteroatoms. The summed E-state index contributed by atoms with van der Waals surface area (Å²) in [6.07, 6.45) is 7.96. The monoisotopic (exact) mass is 273 g/mol. The van der Waals surface area contributed by atoms with Crippen LogP contribution >= 0.6 is 0 Å². The molecule has 4 nitrogen and oxygen atoms in total. The SMILES string of the molecule is CCNc1ccc(C(=O)N2CCC3CCCCC32)cn1. The van der Waals surface area contributed by atoms with Gasteiger partial charge in [-0.1, -0.05) is 12.8 Å². The van der Waals surface area contributed by atoms with Crippen LogP contribution in [0.1, 0.15) is 49.4 Å². The minimum absolute atomic E-state index is 0.162. The summed E-state index contributed by atoms with van der Waals surface area (Å²) in [5, 5.41) is 3.15. The lowest BCUT2D eigenvalue weighted by Crippen LogP contribution is -2.39. The Bertz CT molecular complexity index is 471. The van der Waals surface area contributed by atoms with E-state index in [-0.39, 0.29) is 5.91 Å². The molecule has 108 valence electrons. The Morgan fingerprint density at radius 3 is 2.95 bits per heavy atom. The molecule has 1 amide bonds. The molecule has 1 N–H and O–H groups in total. The van der Waals surface area contributed by atoms with Crippen LogP contribution in [0.3, 0.4) is 0 Å². The summed E-state index contributed by atoms with van der Waals surface area (Å²) < 4.78 is 0. The van der Waals surface area contributed by atoms with E-state index in [0.29, 0.717) is 6.04 Å². The summed E-state index contributed by atoms with van der Waals surface area (Å²) in [7, 11) is 0. The number of nitrogens with one attached hydrogen (secondary N) is 1. The Balaban J connectivity index is 1.72. The molecular weight excluding hydrogens is 250 g/mol. The van der Waals surface area contributed by atoms with Crippen molar-refractivity contribution in [3.63, 3.8) is 0 Å². The van der Waals surface area contributed by atoms with Gasteiger partial charge in [-0.05, 0) is 44.2 Å². The highest BCUT2D eigenvalue weighted by Crippen LogP contribution is 2.36. The van der Waals surface area contributed by atoms with E-state index >= 15 is 0 Å². The molecule has 2 atom stereocenters. The summed E-state index contributed by atoms with van der Waals surface area (Å²) in [4.78, 5) is 19.0. The first-order valence-corrected chi connectivity index (χ1v) is 7.80. The van der Waals surface area contributed by atoms with Gasteiger partial charge in [-0.2, -0.15) is 0 Å². The summed E-state index contributed by atoms with van der Waals surface area (Å²) in [5.41, 5.74) is 0.720. The number of carbonyl (C=O) groups is 1. The van der Waals surface area contributed by atoms with E-state index in [1.165, 1.54) is 32.1 Å². The van der Waals surface area contributed by atoms with Crippen LogP contribution in [-0.4, -0.2) is 34.9 Å². The smallest absolute Gasteiger partial charge is 0.255 e. The van der Waals surface area contributed by atoms with E-state index in [2.05, 4.69) is 15.2 Å². The summed E-state index contributed by atoms with van der Waals surface area (Å²) in [6, 6.07) is 4.26. The first-order valence-electron chi connectivity index (χ1n) is 7.80. The molecule has 1 saturated heterocycles. The molecular formula is C16H23N3O. The third-order valence-corrected chi connectivity index (χ3v) is 4.64. The average Bonchev–Trinajstić information content (AvgIpc) is 2.92. The second kappa shape index (κ2) is 5.81. The van der Waals surface area contributed by atoms with Crippen molar-refractivity contribution in [2.45, 2.75) is 45.1 Å². The number of rotatable bonds is 3. The second-order valence-corrected chi connectivity index (χ2v) is 5.86. The number of nitrogens with zero attached hydrogens (tertiary/aromatic N) is 2. The lowest BCUT2D eigenvalue weighted by atomic mass is 9.85. The molecule has 1 aliphatic heterocycles.